The van der Waals surface area contributed by atoms with Crippen LogP contribution in [0.5, 0.6) is 0 Å². The first-order valence-corrected chi connectivity index (χ1v) is 13.3. The van der Waals surface area contributed by atoms with Crippen LogP contribution in [0.3, 0.4) is 0 Å². The minimum absolute atomic E-state index is 0.154. The molecule has 5 aromatic rings. The lowest BCUT2D eigenvalue weighted by atomic mass is 9.96. The standard InChI is InChI=1S/C29H26N6O2S/c1-18-11-19(27(36)30-14-21-16-38-17-31-21)7-8-22(18)28(37)34-29(9-10-29)24-12-26(20-13-32-35(2)15-20)33-25-6-4-3-5-23(24)25/h3-8,11-13,15-17H,9-10,14H2,1-2H3,(H,30,36)(H,34,37). The van der Waals surface area contributed by atoms with E-state index < -0.39 is 5.54 Å². The van der Waals surface area contributed by atoms with Crippen LogP contribution in [0.1, 0.15) is 50.4 Å². The molecule has 2 aromatic carbocycles. The van der Waals surface area contributed by atoms with Crippen LogP contribution in [-0.4, -0.2) is 31.6 Å². The summed E-state index contributed by atoms with van der Waals surface area (Å²) in [4.78, 5) is 35.2. The van der Waals surface area contributed by atoms with Crippen LogP contribution in [0.15, 0.2) is 71.8 Å². The normalized spacial score (nSPS) is 13.8. The van der Waals surface area contributed by atoms with E-state index in [0.717, 1.165) is 51.8 Å². The van der Waals surface area contributed by atoms with Crippen LogP contribution >= 0.6 is 11.3 Å². The summed E-state index contributed by atoms with van der Waals surface area (Å²) in [5.41, 5.74) is 7.61. The number of aryl methyl sites for hydroxylation is 2. The number of fused-ring (bicyclic) bond motifs is 1. The zero-order valence-electron chi connectivity index (χ0n) is 21.1. The van der Waals surface area contributed by atoms with Gasteiger partial charge in [0.15, 0.2) is 0 Å². The van der Waals surface area contributed by atoms with E-state index in [1.165, 1.54) is 11.3 Å². The second kappa shape index (κ2) is 9.50. The molecule has 6 rings (SSSR count). The average Bonchev–Trinajstić information content (AvgIpc) is 3.28. The second-order valence-electron chi connectivity index (χ2n) is 9.70. The third-order valence-corrected chi connectivity index (χ3v) is 7.62. The Kier molecular flexibility index (Phi) is 6.00. The smallest absolute Gasteiger partial charge is 0.252 e. The first kappa shape index (κ1) is 24.0. The second-order valence-corrected chi connectivity index (χ2v) is 10.4. The zero-order valence-corrected chi connectivity index (χ0v) is 21.9. The van der Waals surface area contributed by atoms with E-state index in [2.05, 4.69) is 32.8 Å². The van der Waals surface area contributed by atoms with Crippen LogP contribution in [0, 0.1) is 6.92 Å². The predicted octanol–water partition coefficient (Wildman–Crippen LogP) is 4.75. The Balaban J connectivity index is 1.26. The molecule has 0 radical (unpaired) electrons. The van der Waals surface area contributed by atoms with Crippen molar-refractivity contribution in [2.24, 2.45) is 7.05 Å². The van der Waals surface area contributed by atoms with Gasteiger partial charge in [-0.2, -0.15) is 5.10 Å². The summed E-state index contributed by atoms with van der Waals surface area (Å²) >= 11 is 1.49. The van der Waals surface area contributed by atoms with E-state index in [4.69, 9.17) is 4.98 Å². The molecule has 8 nitrogen and oxygen atoms in total. The number of amides is 2. The Labute approximate surface area is 223 Å². The van der Waals surface area contributed by atoms with Crippen molar-refractivity contribution in [3.05, 3.63) is 99.8 Å². The minimum atomic E-state index is -0.466. The highest BCUT2D eigenvalue weighted by Gasteiger charge is 2.47. The van der Waals surface area contributed by atoms with Gasteiger partial charge in [0.25, 0.3) is 11.8 Å². The number of para-hydroxylation sites is 1. The molecule has 1 fully saturated rings. The number of hydrogen-bond donors (Lipinski definition) is 2. The summed E-state index contributed by atoms with van der Waals surface area (Å²) < 4.78 is 1.76. The van der Waals surface area contributed by atoms with Gasteiger partial charge in [-0.1, -0.05) is 18.2 Å². The lowest BCUT2D eigenvalue weighted by Crippen LogP contribution is -2.35. The van der Waals surface area contributed by atoms with E-state index in [0.29, 0.717) is 17.7 Å². The molecule has 2 amide bonds. The highest BCUT2D eigenvalue weighted by Crippen LogP contribution is 2.48. The molecule has 0 unspecified atom stereocenters. The van der Waals surface area contributed by atoms with E-state index in [9.17, 15) is 9.59 Å². The van der Waals surface area contributed by atoms with E-state index >= 15 is 0 Å². The van der Waals surface area contributed by atoms with E-state index in [1.54, 1.807) is 34.6 Å². The number of rotatable bonds is 7. The average molecular weight is 523 g/mol. The number of carbonyl (C=O) groups is 2. The van der Waals surface area contributed by atoms with Gasteiger partial charge in [-0.3, -0.25) is 14.3 Å². The Morgan fingerprint density at radius 2 is 1.95 bits per heavy atom. The van der Waals surface area contributed by atoms with Crippen molar-refractivity contribution >= 4 is 34.1 Å². The minimum Gasteiger partial charge on any atom is -0.346 e. The first-order chi connectivity index (χ1) is 18.4. The number of thiazole rings is 1. The molecule has 0 atom stereocenters. The Bertz CT molecular complexity index is 1670. The molecular weight excluding hydrogens is 496 g/mol. The lowest BCUT2D eigenvalue weighted by molar-refractivity contribution is 0.0924. The molecular formula is C29H26N6O2S. The van der Waals surface area contributed by atoms with E-state index in [-0.39, 0.29) is 11.8 Å². The number of pyridine rings is 1. The third-order valence-electron chi connectivity index (χ3n) is 6.98. The molecule has 0 spiro atoms. The highest BCUT2D eigenvalue weighted by molar-refractivity contribution is 7.07. The molecule has 1 aliphatic carbocycles. The summed E-state index contributed by atoms with van der Waals surface area (Å²) in [6.07, 6.45) is 5.43. The van der Waals surface area contributed by atoms with Gasteiger partial charge in [0.2, 0.25) is 0 Å². The highest BCUT2D eigenvalue weighted by atomic mass is 32.1. The summed E-state index contributed by atoms with van der Waals surface area (Å²) in [7, 11) is 1.88. The quantitative estimate of drug-likeness (QED) is 0.321. The van der Waals surface area contributed by atoms with Crippen molar-refractivity contribution in [2.75, 3.05) is 0 Å². The van der Waals surface area contributed by atoms with Gasteiger partial charge < -0.3 is 10.6 Å². The van der Waals surface area contributed by atoms with Crippen LogP contribution in [0.25, 0.3) is 22.2 Å². The van der Waals surface area contributed by atoms with E-state index in [1.807, 2.05) is 43.7 Å². The van der Waals surface area contributed by atoms with Crippen LogP contribution < -0.4 is 10.6 Å². The van der Waals surface area contributed by atoms with Gasteiger partial charge in [-0.05, 0) is 61.2 Å². The molecule has 3 heterocycles. The van der Waals surface area contributed by atoms with Crippen molar-refractivity contribution in [3.63, 3.8) is 0 Å². The molecule has 0 saturated heterocycles. The molecule has 1 aliphatic rings. The first-order valence-electron chi connectivity index (χ1n) is 12.4. The number of aromatic nitrogens is 4. The van der Waals surface area contributed by atoms with Gasteiger partial charge in [-0.25, -0.2) is 9.97 Å². The molecule has 1 saturated carbocycles. The molecule has 38 heavy (non-hydrogen) atoms. The fourth-order valence-electron chi connectivity index (χ4n) is 4.80. The zero-order chi connectivity index (χ0) is 26.3. The monoisotopic (exact) mass is 522 g/mol. The Hall–Kier alpha value is -4.37. The molecule has 9 heteroatoms. The number of carbonyl (C=O) groups excluding carboxylic acids is 2. The van der Waals surface area contributed by atoms with Crippen LogP contribution in [0.4, 0.5) is 0 Å². The van der Waals surface area contributed by atoms with Crippen molar-refractivity contribution in [2.45, 2.75) is 31.8 Å². The number of nitrogens with one attached hydrogen (secondary N) is 2. The summed E-state index contributed by atoms with van der Waals surface area (Å²) in [5.74, 6) is -0.351. The number of benzene rings is 2. The fourth-order valence-corrected chi connectivity index (χ4v) is 5.36. The summed E-state index contributed by atoms with van der Waals surface area (Å²) in [6, 6.07) is 15.3. The molecule has 0 aliphatic heterocycles. The summed E-state index contributed by atoms with van der Waals surface area (Å²) in [5, 5.41) is 13.4. The maximum atomic E-state index is 13.5. The summed E-state index contributed by atoms with van der Waals surface area (Å²) in [6.45, 7) is 2.22. The fraction of sp³-hybridized carbons (Fsp3) is 0.207. The molecule has 190 valence electrons. The van der Waals surface area contributed by atoms with Crippen LogP contribution in [0.2, 0.25) is 0 Å². The van der Waals surface area contributed by atoms with Gasteiger partial charge in [0, 0.05) is 40.7 Å². The number of hydrogen-bond acceptors (Lipinski definition) is 6. The van der Waals surface area contributed by atoms with Crippen molar-refractivity contribution in [1.29, 1.82) is 0 Å². The van der Waals surface area contributed by atoms with Gasteiger partial charge in [0.1, 0.15) is 0 Å². The lowest BCUT2D eigenvalue weighted by Gasteiger charge is -2.21. The Morgan fingerprint density at radius 1 is 1.11 bits per heavy atom. The van der Waals surface area contributed by atoms with Gasteiger partial charge in [-0.15, -0.1) is 11.3 Å². The number of nitrogens with zero attached hydrogens (tertiary/aromatic N) is 4. The van der Waals surface area contributed by atoms with Crippen molar-refractivity contribution in [1.82, 2.24) is 30.4 Å². The SMILES string of the molecule is Cc1cc(C(=O)NCc2cscn2)ccc1C(=O)NC1(c2cc(-c3cnn(C)c3)nc3ccccc23)CC1. The van der Waals surface area contributed by atoms with Gasteiger partial charge in [0.05, 0.1) is 40.7 Å². The van der Waals surface area contributed by atoms with Crippen LogP contribution in [-0.2, 0) is 19.1 Å². The van der Waals surface area contributed by atoms with Crippen molar-refractivity contribution in [3.8, 4) is 11.3 Å². The Morgan fingerprint density at radius 3 is 2.66 bits per heavy atom. The topological polar surface area (TPSA) is 102 Å². The molecule has 2 N–H and O–H groups in total. The maximum Gasteiger partial charge on any atom is 0.252 e. The maximum absolute atomic E-state index is 13.5. The molecule has 3 aromatic heterocycles. The van der Waals surface area contributed by atoms with Crippen molar-refractivity contribution < 1.29 is 9.59 Å². The van der Waals surface area contributed by atoms with Gasteiger partial charge >= 0.3 is 0 Å². The third kappa shape index (κ3) is 4.56. The largest absolute Gasteiger partial charge is 0.346 e. The molecule has 0 bridgehead atoms. The predicted molar refractivity (Wildman–Crippen MR) is 147 cm³/mol.